The van der Waals surface area contributed by atoms with Crippen molar-refractivity contribution in [1.82, 2.24) is 5.32 Å². The summed E-state index contributed by atoms with van der Waals surface area (Å²) in [5, 5.41) is 3.37. The number of hydrogen-bond acceptors (Lipinski definition) is 3. The van der Waals surface area contributed by atoms with Gasteiger partial charge >= 0.3 is 0 Å². The first kappa shape index (κ1) is 13.6. The van der Waals surface area contributed by atoms with Crippen LogP contribution in [0.15, 0.2) is 29.2 Å². The monoisotopic (exact) mass is 238 g/mol. The summed E-state index contributed by atoms with van der Waals surface area (Å²) in [6.07, 6.45) is 3.20. The molecule has 16 heavy (non-hydrogen) atoms. The number of nitrogens with one attached hydrogen (secondary N) is 1. The predicted octanol–water partition coefficient (Wildman–Crippen LogP) is 2.65. The third kappa shape index (κ3) is 3.24. The molecule has 2 nitrogen and oxygen atoms in total. The highest BCUT2D eigenvalue weighted by molar-refractivity contribution is 7.98. The summed E-state index contributed by atoms with van der Waals surface area (Å²) in [5.74, 6) is 0.505. The van der Waals surface area contributed by atoms with Crippen LogP contribution < -0.4 is 11.1 Å². The molecule has 0 saturated heterocycles. The van der Waals surface area contributed by atoms with Gasteiger partial charge in [-0.1, -0.05) is 25.5 Å². The average Bonchev–Trinajstić information content (AvgIpc) is 2.36. The first-order chi connectivity index (χ1) is 7.76. The van der Waals surface area contributed by atoms with Crippen LogP contribution in [0.5, 0.6) is 0 Å². The lowest BCUT2D eigenvalue weighted by Gasteiger charge is -2.25. The van der Waals surface area contributed by atoms with Crippen LogP contribution in [-0.4, -0.2) is 19.8 Å². The van der Waals surface area contributed by atoms with Gasteiger partial charge in [-0.15, -0.1) is 11.8 Å². The predicted molar refractivity (Wildman–Crippen MR) is 72.9 cm³/mol. The lowest BCUT2D eigenvalue weighted by molar-refractivity contribution is 0.378. The van der Waals surface area contributed by atoms with E-state index in [-0.39, 0.29) is 0 Å². The maximum Gasteiger partial charge on any atom is 0.0358 e. The molecule has 0 aliphatic heterocycles. The summed E-state index contributed by atoms with van der Waals surface area (Å²) in [6.45, 7) is 2.92. The summed E-state index contributed by atoms with van der Waals surface area (Å²) in [4.78, 5) is 1.31. The largest absolute Gasteiger partial charge is 0.330 e. The van der Waals surface area contributed by atoms with Crippen molar-refractivity contribution < 1.29 is 0 Å². The van der Waals surface area contributed by atoms with Gasteiger partial charge in [-0.3, -0.25) is 0 Å². The van der Waals surface area contributed by atoms with Crippen LogP contribution in [0.1, 0.15) is 24.9 Å². The molecule has 0 fully saturated rings. The molecule has 2 unspecified atom stereocenters. The Bertz CT molecular complexity index is 293. The van der Waals surface area contributed by atoms with Gasteiger partial charge in [0, 0.05) is 10.9 Å². The number of hydrogen-bond donors (Lipinski definition) is 2. The Hall–Kier alpha value is -0.510. The van der Waals surface area contributed by atoms with E-state index in [2.05, 4.69) is 42.8 Å². The van der Waals surface area contributed by atoms with Crippen LogP contribution in [0.2, 0.25) is 0 Å². The van der Waals surface area contributed by atoms with Crippen molar-refractivity contribution in [2.75, 3.05) is 19.8 Å². The molecule has 3 N–H and O–H groups in total. The SMILES string of the molecule is CCC(CN)C(NC)c1ccc(SC)cc1. The lowest BCUT2D eigenvalue weighted by atomic mass is 9.91. The highest BCUT2D eigenvalue weighted by atomic mass is 32.2. The highest BCUT2D eigenvalue weighted by Gasteiger charge is 2.18. The van der Waals surface area contributed by atoms with E-state index in [1.807, 2.05) is 7.05 Å². The smallest absolute Gasteiger partial charge is 0.0358 e. The zero-order valence-corrected chi connectivity index (χ0v) is 11.2. The number of rotatable bonds is 6. The minimum absolute atomic E-state index is 0.367. The molecule has 2 atom stereocenters. The van der Waals surface area contributed by atoms with Crippen LogP contribution in [-0.2, 0) is 0 Å². The zero-order chi connectivity index (χ0) is 12.0. The van der Waals surface area contributed by atoms with E-state index in [9.17, 15) is 0 Å². The van der Waals surface area contributed by atoms with Crippen molar-refractivity contribution in [3.63, 3.8) is 0 Å². The second-order valence-electron chi connectivity index (χ2n) is 3.94. The van der Waals surface area contributed by atoms with Gasteiger partial charge in [0.05, 0.1) is 0 Å². The Balaban J connectivity index is 2.85. The van der Waals surface area contributed by atoms with E-state index in [1.54, 1.807) is 11.8 Å². The molecule has 1 aromatic carbocycles. The maximum absolute atomic E-state index is 5.81. The van der Waals surface area contributed by atoms with E-state index >= 15 is 0 Å². The molecule has 0 saturated carbocycles. The first-order valence-corrected chi connectivity index (χ1v) is 7.00. The minimum Gasteiger partial charge on any atom is -0.330 e. The Kier molecular flexibility index (Phi) is 5.88. The number of nitrogens with two attached hydrogens (primary N) is 1. The normalized spacial score (nSPS) is 14.8. The van der Waals surface area contributed by atoms with Gasteiger partial charge < -0.3 is 11.1 Å². The second kappa shape index (κ2) is 6.94. The van der Waals surface area contributed by atoms with Crippen LogP contribution in [0, 0.1) is 5.92 Å². The van der Waals surface area contributed by atoms with Gasteiger partial charge in [-0.05, 0) is 43.5 Å². The Morgan fingerprint density at radius 1 is 1.31 bits per heavy atom. The topological polar surface area (TPSA) is 38.0 Å². The van der Waals surface area contributed by atoms with Crippen LogP contribution in [0.3, 0.4) is 0 Å². The van der Waals surface area contributed by atoms with Gasteiger partial charge in [-0.2, -0.15) is 0 Å². The third-order valence-corrected chi connectivity index (χ3v) is 3.83. The average molecular weight is 238 g/mol. The summed E-state index contributed by atoms with van der Waals surface area (Å²) < 4.78 is 0. The van der Waals surface area contributed by atoms with E-state index in [0.717, 1.165) is 13.0 Å². The van der Waals surface area contributed by atoms with Crippen molar-refractivity contribution in [3.8, 4) is 0 Å². The summed E-state index contributed by atoms with van der Waals surface area (Å²) >= 11 is 1.77. The fourth-order valence-electron chi connectivity index (χ4n) is 2.02. The first-order valence-electron chi connectivity index (χ1n) is 5.78. The molecule has 0 aliphatic carbocycles. The molecule has 0 spiro atoms. The Morgan fingerprint density at radius 3 is 2.31 bits per heavy atom. The van der Waals surface area contributed by atoms with Crippen molar-refractivity contribution in [3.05, 3.63) is 29.8 Å². The number of thioether (sulfide) groups is 1. The highest BCUT2D eigenvalue weighted by Crippen LogP contribution is 2.25. The van der Waals surface area contributed by atoms with E-state index in [4.69, 9.17) is 5.73 Å². The molecular weight excluding hydrogens is 216 g/mol. The second-order valence-corrected chi connectivity index (χ2v) is 4.82. The fraction of sp³-hybridized carbons (Fsp3) is 0.538. The molecule has 0 heterocycles. The molecule has 0 amide bonds. The Labute approximate surface area is 103 Å². The quantitative estimate of drug-likeness (QED) is 0.748. The molecule has 3 heteroatoms. The molecular formula is C13H22N2S. The summed E-state index contributed by atoms with van der Waals surface area (Å²) in [6, 6.07) is 9.11. The van der Waals surface area contributed by atoms with E-state index in [1.165, 1.54) is 10.5 Å². The molecule has 0 radical (unpaired) electrons. The number of benzene rings is 1. The molecule has 1 rings (SSSR count). The van der Waals surface area contributed by atoms with Gasteiger partial charge in [0.1, 0.15) is 0 Å². The molecule has 0 aromatic heterocycles. The van der Waals surface area contributed by atoms with Gasteiger partial charge in [0.25, 0.3) is 0 Å². The Morgan fingerprint density at radius 2 is 1.94 bits per heavy atom. The molecule has 90 valence electrons. The van der Waals surface area contributed by atoms with Crippen LogP contribution in [0.25, 0.3) is 0 Å². The van der Waals surface area contributed by atoms with Crippen LogP contribution in [0.4, 0.5) is 0 Å². The van der Waals surface area contributed by atoms with E-state index in [0.29, 0.717) is 12.0 Å². The zero-order valence-electron chi connectivity index (χ0n) is 10.4. The van der Waals surface area contributed by atoms with Crippen molar-refractivity contribution in [1.29, 1.82) is 0 Å². The maximum atomic E-state index is 5.81. The van der Waals surface area contributed by atoms with Crippen LogP contribution >= 0.6 is 11.8 Å². The summed E-state index contributed by atoms with van der Waals surface area (Å²) in [7, 11) is 2.01. The standard InChI is InChI=1S/C13H22N2S/c1-4-10(9-14)13(15-2)11-5-7-12(16-3)8-6-11/h5-8,10,13,15H,4,9,14H2,1-3H3. The lowest BCUT2D eigenvalue weighted by Crippen LogP contribution is -2.30. The molecule has 1 aromatic rings. The van der Waals surface area contributed by atoms with Gasteiger partial charge in [0.2, 0.25) is 0 Å². The van der Waals surface area contributed by atoms with E-state index < -0.39 is 0 Å². The molecule has 0 aliphatic rings. The van der Waals surface area contributed by atoms with Gasteiger partial charge in [-0.25, -0.2) is 0 Å². The third-order valence-electron chi connectivity index (χ3n) is 3.08. The minimum atomic E-state index is 0.367. The van der Waals surface area contributed by atoms with Crippen molar-refractivity contribution in [2.24, 2.45) is 11.7 Å². The van der Waals surface area contributed by atoms with Crippen molar-refractivity contribution >= 4 is 11.8 Å². The van der Waals surface area contributed by atoms with Crippen molar-refractivity contribution in [2.45, 2.75) is 24.3 Å². The summed E-state index contributed by atoms with van der Waals surface area (Å²) in [5.41, 5.74) is 7.14. The fourth-order valence-corrected chi connectivity index (χ4v) is 2.43. The molecule has 0 bridgehead atoms. The van der Waals surface area contributed by atoms with Gasteiger partial charge in [0.15, 0.2) is 0 Å².